The summed E-state index contributed by atoms with van der Waals surface area (Å²) in [5, 5.41) is 8.78. The fourth-order valence-electron chi connectivity index (χ4n) is 3.28. The van der Waals surface area contributed by atoms with Gasteiger partial charge in [-0.3, -0.25) is 9.78 Å². The van der Waals surface area contributed by atoms with E-state index >= 15 is 0 Å². The number of hydrogen-bond donors (Lipinski definition) is 1. The molecule has 1 aliphatic carbocycles. The molecule has 0 unspecified atom stereocenters. The summed E-state index contributed by atoms with van der Waals surface area (Å²) in [4.78, 5) is 17.4. The van der Waals surface area contributed by atoms with Gasteiger partial charge in [0.1, 0.15) is 11.4 Å². The normalized spacial score (nSPS) is 17.9. The number of carbonyl (C=O) groups excluding carboxylic acids is 1. The third kappa shape index (κ3) is 3.92. The highest BCUT2D eigenvalue weighted by molar-refractivity contribution is 5.91. The molecule has 1 aliphatic heterocycles. The lowest BCUT2D eigenvalue weighted by atomic mass is 9.98. The van der Waals surface area contributed by atoms with Gasteiger partial charge in [0.25, 0.3) is 5.91 Å². The molecule has 7 nitrogen and oxygen atoms in total. The maximum atomic E-state index is 11.2. The molecule has 0 radical (unpaired) electrons. The minimum absolute atomic E-state index is 0.227. The van der Waals surface area contributed by atoms with E-state index in [2.05, 4.69) is 32.2 Å². The second-order valence-electron chi connectivity index (χ2n) is 7.07. The molecule has 2 N–H and O–H groups in total. The summed E-state index contributed by atoms with van der Waals surface area (Å²) in [7, 11) is 0. The monoisotopic (exact) mass is 353 g/mol. The molecule has 0 aromatic carbocycles. The largest absolute Gasteiger partial charge is 0.493 e. The van der Waals surface area contributed by atoms with Crippen LogP contribution in [0.5, 0.6) is 5.75 Å². The van der Waals surface area contributed by atoms with Crippen LogP contribution in [-0.2, 0) is 0 Å². The van der Waals surface area contributed by atoms with Crippen molar-refractivity contribution >= 4 is 11.7 Å². The van der Waals surface area contributed by atoms with Crippen molar-refractivity contribution in [1.29, 1.82) is 0 Å². The van der Waals surface area contributed by atoms with Crippen LogP contribution in [0.15, 0.2) is 30.5 Å². The zero-order valence-corrected chi connectivity index (χ0v) is 14.7. The molecule has 0 atom stereocenters. The van der Waals surface area contributed by atoms with E-state index in [9.17, 15) is 4.79 Å². The van der Waals surface area contributed by atoms with E-state index in [0.29, 0.717) is 24.2 Å². The summed E-state index contributed by atoms with van der Waals surface area (Å²) < 4.78 is 5.83. The van der Waals surface area contributed by atoms with Crippen molar-refractivity contribution in [2.45, 2.75) is 31.6 Å². The third-order valence-electron chi connectivity index (χ3n) is 5.07. The lowest BCUT2D eigenvalue weighted by Crippen LogP contribution is -2.36. The first-order chi connectivity index (χ1) is 12.7. The fraction of sp³-hybridized carbons (Fsp3) is 0.474. The van der Waals surface area contributed by atoms with Crippen molar-refractivity contribution < 1.29 is 9.53 Å². The highest BCUT2D eigenvalue weighted by Gasteiger charge is 2.26. The van der Waals surface area contributed by atoms with Gasteiger partial charge in [-0.15, -0.1) is 5.10 Å². The number of aromatic nitrogens is 3. The van der Waals surface area contributed by atoms with Crippen molar-refractivity contribution in [3.8, 4) is 5.75 Å². The van der Waals surface area contributed by atoms with Crippen LogP contribution in [0.4, 0.5) is 5.82 Å². The van der Waals surface area contributed by atoms with E-state index < -0.39 is 5.91 Å². The zero-order valence-electron chi connectivity index (χ0n) is 14.7. The molecular formula is C19H23N5O2. The molecule has 3 heterocycles. The summed E-state index contributed by atoms with van der Waals surface area (Å²) in [6, 6.07) is 7.56. The van der Waals surface area contributed by atoms with Crippen LogP contribution >= 0.6 is 0 Å². The van der Waals surface area contributed by atoms with Gasteiger partial charge in [-0.05, 0) is 49.8 Å². The molecule has 2 aliphatic rings. The molecule has 2 fully saturated rings. The number of nitrogens with two attached hydrogens (primary N) is 1. The lowest BCUT2D eigenvalue weighted by molar-refractivity contribution is 0.0995. The number of amides is 1. The van der Waals surface area contributed by atoms with Gasteiger partial charge in [0.05, 0.1) is 12.3 Å². The molecule has 1 saturated heterocycles. The maximum Gasteiger partial charge on any atom is 0.267 e. The number of pyridine rings is 1. The highest BCUT2D eigenvalue weighted by atomic mass is 16.5. The molecule has 0 spiro atoms. The van der Waals surface area contributed by atoms with E-state index in [1.54, 1.807) is 18.3 Å². The number of rotatable bonds is 6. The van der Waals surface area contributed by atoms with E-state index in [1.807, 2.05) is 0 Å². The smallest absolute Gasteiger partial charge is 0.267 e. The number of nitrogens with zero attached hydrogens (tertiary/aromatic N) is 4. The fourth-order valence-corrected chi connectivity index (χ4v) is 3.28. The molecule has 1 saturated carbocycles. The van der Waals surface area contributed by atoms with Gasteiger partial charge in [-0.25, -0.2) is 0 Å². The van der Waals surface area contributed by atoms with Gasteiger partial charge < -0.3 is 15.4 Å². The van der Waals surface area contributed by atoms with Gasteiger partial charge in [-0.1, -0.05) is 0 Å². The number of carbonyl (C=O) groups is 1. The van der Waals surface area contributed by atoms with Gasteiger partial charge in [0.2, 0.25) is 0 Å². The zero-order chi connectivity index (χ0) is 17.9. The van der Waals surface area contributed by atoms with E-state index in [-0.39, 0.29) is 5.69 Å². The Balaban J connectivity index is 1.27. The molecular weight excluding hydrogens is 330 g/mol. The first-order valence-electron chi connectivity index (χ1n) is 9.16. The molecule has 136 valence electrons. The number of hydrogen-bond acceptors (Lipinski definition) is 6. The molecule has 26 heavy (non-hydrogen) atoms. The van der Waals surface area contributed by atoms with Crippen LogP contribution in [0, 0.1) is 5.92 Å². The Labute approximate surface area is 152 Å². The van der Waals surface area contributed by atoms with Gasteiger partial charge >= 0.3 is 0 Å². The molecule has 0 bridgehead atoms. The Hall–Kier alpha value is -2.70. The highest BCUT2D eigenvalue weighted by Crippen LogP contribution is 2.38. The lowest BCUT2D eigenvalue weighted by Gasteiger charge is -2.32. The minimum atomic E-state index is -0.544. The average molecular weight is 353 g/mol. The summed E-state index contributed by atoms with van der Waals surface area (Å²) in [5.74, 6) is 2.18. The molecule has 7 heteroatoms. The number of piperidine rings is 1. The average Bonchev–Trinajstić information content (AvgIpc) is 3.52. The minimum Gasteiger partial charge on any atom is -0.493 e. The van der Waals surface area contributed by atoms with Crippen LogP contribution in [0.2, 0.25) is 0 Å². The van der Waals surface area contributed by atoms with Crippen molar-refractivity contribution in [2.75, 3.05) is 24.6 Å². The second-order valence-corrected chi connectivity index (χ2v) is 7.07. The van der Waals surface area contributed by atoms with E-state index in [0.717, 1.165) is 37.4 Å². The van der Waals surface area contributed by atoms with E-state index in [1.165, 1.54) is 12.8 Å². The summed E-state index contributed by atoms with van der Waals surface area (Å²) in [6.45, 7) is 2.53. The standard InChI is InChI=1S/C19H23N5O2/c20-19(25)17-11-15(5-8-21-17)26-12-13-6-9-24(10-7-13)18-4-3-16(22-23-18)14-1-2-14/h3-5,8,11,13-14H,1-2,6-7,9-10,12H2,(H2,20,25). The van der Waals surface area contributed by atoms with Crippen molar-refractivity contribution in [3.63, 3.8) is 0 Å². The maximum absolute atomic E-state index is 11.2. The van der Waals surface area contributed by atoms with Crippen LogP contribution < -0.4 is 15.4 Å². The topological polar surface area (TPSA) is 94.2 Å². The van der Waals surface area contributed by atoms with E-state index in [4.69, 9.17) is 10.5 Å². The van der Waals surface area contributed by atoms with Crippen molar-refractivity contribution in [1.82, 2.24) is 15.2 Å². The number of ether oxygens (including phenoxy) is 1. The molecule has 1 amide bonds. The summed E-state index contributed by atoms with van der Waals surface area (Å²) in [6.07, 6.45) is 6.12. The van der Waals surface area contributed by atoms with Gasteiger partial charge in [-0.2, -0.15) is 5.10 Å². The van der Waals surface area contributed by atoms with Crippen molar-refractivity contribution in [3.05, 3.63) is 41.9 Å². The quantitative estimate of drug-likeness (QED) is 0.855. The molecule has 4 rings (SSSR count). The Bertz CT molecular complexity index is 768. The SMILES string of the molecule is NC(=O)c1cc(OCC2CCN(c3ccc(C4CC4)nn3)CC2)ccn1. The van der Waals surface area contributed by atoms with Crippen LogP contribution in [-0.4, -0.2) is 40.8 Å². The summed E-state index contributed by atoms with van der Waals surface area (Å²) >= 11 is 0. The number of anilines is 1. The van der Waals surface area contributed by atoms with Crippen LogP contribution in [0.3, 0.4) is 0 Å². The predicted octanol–water partition coefficient (Wildman–Crippen LogP) is 2.14. The second kappa shape index (κ2) is 7.27. The third-order valence-corrected chi connectivity index (χ3v) is 5.07. The van der Waals surface area contributed by atoms with Crippen molar-refractivity contribution in [2.24, 2.45) is 11.7 Å². The Morgan fingerprint density at radius 2 is 1.96 bits per heavy atom. The first-order valence-corrected chi connectivity index (χ1v) is 9.16. The Morgan fingerprint density at radius 1 is 1.15 bits per heavy atom. The Kier molecular flexibility index (Phi) is 4.69. The molecule has 2 aromatic heterocycles. The Morgan fingerprint density at radius 3 is 2.62 bits per heavy atom. The first kappa shape index (κ1) is 16.8. The van der Waals surface area contributed by atoms with Gasteiger partial charge in [0, 0.05) is 31.3 Å². The number of primary amides is 1. The van der Waals surface area contributed by atoms with Crippen LogP contribution in [0.25, 0.3) is 0 Å². The van der Waals surface area contributed by atoms with Gasteiger partial charge in [0.15, 0.2) is 5.82 Å². The molecule has 2 aromatic rings. The van der Waals surface area contributed by atoms with Crippen LogP contribution in [0.1, 0.15) is 47.8 Å². The predicted molar refractivity (Wildman–Crippen MR) is 97.2 cm³/mol. The summed E-state index contributed by atoms with van der Waals surface area (Å²) in [5.41, 5.74) is 6.60.